The number of amidine groups is 1. The predicted molar refractivity (Wildman–Crippen MR) is 127 cm³/mol. The number of nitrogens with zero attached hydrogens (tertiary/aromatic N) is 1. The molecule has 0 radical (unpaired) electrons. The highest BCUT2D eigenvalue weighted by molar-refractivity contribution is 6.02. The van der Waals surface area contributed by atoms with Crippen LogP contribution in [0.3, 0.4) is 0 Å². The van der Waals surface area contributed by atoms with E-state index in [0.717, 1.165) is 27.6 Å². The summed E-state index contributed by atoms with van der Waals surface area (Å²) in [5, 5.41) is 13.8. The number of H-pyrrole nitrogens is 1. The maximum absolute atomic E-state index is 13.4. The van der Waals surface area contributed by atoms with Crippen LogP contribution in [-0.4, -0.2) is 33.7 Å². The lowest BCUT2D eigenvalue weighted by atomic mass is 10.0. The summed E-state index contributed by atoms with van der Waals surface area (Å²) in [7, 11) is 0. The van der Waals surface area contributed by atoms with Gasteiger partial charge in [0.2, 0.25) is 0 Å². The van der Waals surface area contributed by atoms with Gasteiger partial charge in [-0.25, -0.2) is 0 Å². The number of benzene rings is 3. The van der Waals surface area contributed by atoms with Crippen LogP contribution in [0.2, 0.25) is 0 Å². The molecule has 2 heterocycles. The molecule has 4 N–H and O–H groups in total. The second kappa shape index (κ2) is 8.63. The van der Waals surface area contributed by atoms with Crippen LogP contribution < -0.4 is 10.7 Å². The average molecular weight is 438 g/mol. The standard InChI is InChI=1S/C26H23N5O2/c27-24-21-12-5-4-10-18(21)16-31(24)30-26(33)23(29-25(32)17-8-2-1-3-9-17)14-19-15-28-22-13-7-6-11-20(19)22/h1-13,15,23,27-28H,14,16H2,(H,29,32)(H,30,33). The summed E-state index contributed by atoms with van der Waals surface area (Å²) < 4.78 is 0. The van der Waals surface area contributed by atoms with E-state index in [1.165, 1.54) is 5.01 Å². The van der Waals surface area contributed by atoms with Gasteiger partial charge in [-0.05, 0) is 29.3 Å². The largest absolute Gasteiger partial charge is 0.361 e. The topological polar surface area (TPSA) is 101 Å². The van der Waals surface area contributed by atoms with Crippen LogP contribution in [0.1, 0.15) is 27.0 Å². The lowest BCUT2D eigenvalue weighted by Gasteiger charge is -2.24. The number of rotatable bonds is 6. The molecular formula is C26H23N5O2. The molecule has 164 valence electrons. The zero-order valence-electron chi connectivity index (χ0n) is 17.8. The quantitative estimate of drug-likeness (QED) is 0.372. The fourth-order valence-corrected chi connectivity index (χ4v) is 4.15. The molecule has 7 heteroatoms. The smallest absolute Gasteiger partial charge is 0.261 e. The van der Waals surface area contributed by atoms with Gasteiger partial charge < -0.3 is 10.3 Å². The highest BCUT2D eigenvalue weighted by atomic mass is 16.2. The van der Waals surface area contributed by atoms with Gasteiger partial charge in [0.25, 0.3) is 11.8 Å². The van der Waals surface area contributed by atoms with E-state index >= 15 is 0 Å². The van der Waals surface area contributed by atoms with Gasteiger partial charge in [0.05, 0.1) is 6.54 Å². The van der Waals surface area contributed by atoms with Crippen LogP contribution in [0.15, 0.2) is 85.1 Å². The number of carbonyl (C=O) groups excluding carboxylic acids is 2. The molecule has 1 aliphatic rings. The Kier molecular flexibility index (Phi) is 5.36. The van der Waals surface area contributed by atoms with Gasteiger partial charge in [0, 0.05) is 34.6 Å². The van der Waals surface area contributed by atoms with Crippen molar-refractivity contribution in [1.82, 2.24) is 20.7 Å². The summed E-state index contributed by atoms with van der Waals surface area (Å²) in [5.74, 6) is -0.461. The number of amides is 2. The maximum Gasteiger partial charge on any atom is 0.261 e. The molecule has 33 heavy (non-hydrogen) atoms. The van der Waals surface area contributed by atoms with Crippen LogP contribution in [0, 0.1) is 5.41 Å². The number of carbonyl (C=O) groups is 2. The molecule has 1 atom stereocenters. The minimum Gasteiger partial charge on any atom is -0.361 e. The minimum absolute atomic E-state index is 0.235. The molecule has 3 aromatic carbocycles. The van der Waals surface area contributed by atoms with Gasteiger partial charge in [0.15, 0.2) is 0 Å². The lowest BCUT2D eigenvalue weighted by Crippen LogP contribution is -2.53. The molecular weight excluding hydrogens is 414 g/mol. The van der Waals surface area contributed by atoms with Crippen molar-refractivity contribution in [3.05, 3.63) is 107 Å². The first-order chi connectivity index (χ1) is 16.1. The van der Waals surface area contributed by atoms with Crippen LogP contribution in [0.25, 0.3) is 10.9 Å². The highest BCUT2D eigenvalue weighted by Gasteiger charge is 2.29. The van der Waals surface area contributed by atoms with Gasteiger partial charge in [-0.3, -0.25) is 25.4 Å². The summed E-state index contributed by atoms with van der Waals surface area (Å²) in [6.07, 6.45) is 2.18. The first kappa shape index (κ1) is 20.5. The van der Waals surface area contributed by atoms with Gasteiger partial charge in [0.1, 0.15) is 11.9 Å². The summed E-state index contributed by atoms with van der Waals surface area (Å²) in [6.45, 7) is 0.410. The van der Waals surface area contributed by atoms with Crippen molar-refractivity contribution in [3.63, 3.8) is 0 Å². The Morgan fingerprint density at radius 3 is 2.52 bits per heavy atom. The molecule has 1 unspecified atom stereocenters. The Labute approximate surface area is 190 Å². The predicted octanol–water partition coefficient (Wildman–Crippen LogP) is 3.38. The Morgan fingerprint density at radius 2 is 1.70 bits per heavy atom. The van der Waals surface area contributed by atoms with E-state index < -0.39 is 6.04 Å². The Bertz CT molecular complexity index is 1350. The van der Waals surface area contributed by atoms with E-state index in [4.69, 9.17) is 5.41 Å². The summed E-state index contributed by atoms with van der Waals surface area (Å²) >= 11 is 0. The molecule has 1 aliphatic heterocycles. The first-order valence-corrected chi connectivity index (χ1v) is 10.8. The van der Waals surface area contributed by atoms with Crippen LogP contribution in [0.5, 0.6) is 0 Å². The number of para-hydroxylation sites is 1. The van der Waals surface area contributed by atoms with E-state index in [2.05, 4.69) is 15.7 Å². The van der Waals surface area contributed by atoms with Crippen LogP contribution in [0.4, 0.5) is 0 Å². The number of hydrogen-bond donors (Lipinski definition) is 4. The zero-order valence-corrected chi connectivity index (χ0v) is 17.8. The molecule has 5 rings (SSSR count). The van der Waals surface area contributed by atoms with Gasteiger partial charge in [-0.2, -0.15) is 0 Å². The first-order valence-electron chi connectivity index (χ1n) is 10.8. The van der Waals surface area contributed by atoms with E-state index in [9.17, 15) is 9.59 Å². The third kappa shape index (κ3) is 4.08. The number of hydrazine groups is 1. The van der Waals surface area contributed by atoms with Crippen LogP contribution >= 0.6 is 0 Å². The molecule has 4 aromatic rings. The maximum atomic E-state index is 13.4. The van der Waals surface area contributed by atoms with E-state index in [1.54, 1.807) is 24.3 Å². The molecule has 2 amide bonds. The fraction of sp³-hybridized carbons (Fsp3) is 0.115. The summed E-state index contributed by atoms with van der Waals surface area (Å²) in [4.78, 5) is 29.4. The molecule has 0 bridgehead atoms. The number of fused-ring (bicyclic) bond motifs is 2. The highest BCUT2D eigenvalue weighted by Crippen LogP contribution is 2.22. The van der Waals surface area contributed by atoms with Gasteiger partial charge >= 0.3 is 0 Å². The molecule has 0 fully saturated rings. The van der Waals surface area contributed by atoms with Crippen molar-refractivity contribution in [3.8, 4) is 0 Å². The Morgan fingerprint density at radius 1 is 0.970 bits per heavy atom. The van der Waals surface area contributed by atoms with Crippen LogP contribution in [-0.2, 0) is 17.8 Å². The van der Waals surface area contributed by atoms with Gasteiger partial charge in [-0.15, -0.1) is 0 Å². The second-order valence-corrected chi connectivity index (χ2v) is 8.02. The fourth-order valence-electron chi connectivity index (χ4n) is 4.15. The van der Waals surface area contributed by atoms with Crippen molar-refractivity contribution in [2.24, 2.45) is 0 Å². The van der Waals surface area contributed by atoms with Crippen molar-refractivity contribution >= 4 is 28.6 Å². The molecule has 1 aromatic heterocycles. The van der Waals surface area contributed by atoms with E-state index in [0.29, 0.717) is 18.5 Å². The molecule has 7 nitrogen and oxygen atoms in total. The SMILES string of the molecule is N=C1c2ccccc2CN1NC(=O)C(Cc1c[nH]c2ccccc12)NC(=O)c1ccccc1. The summed E-state index contributed by atoms with van der Waals surface area (Å²) in [5.41, 5.74) is 6.99. The van der Waals surface area contributed by atoms with Crippen molar-refractivity contribution in [2.45, 2.75) is 19.0 Å². The molecule has 0 saturated carbocycles. The third-order valence-corrected chi connectivity index (χ3v) is 5.87. The zero-order chi connectivity index (χ0) is 22.8. The number of nitrogens with one attached hydrogen (secondary N) is 4. The minimum atomic E-state index is -0.826. The van der Waals surface area contributed by atoms with E-state index in [1.807, 2.05) is 60.8 Å². The van der Waals surface area contributed by atoms with Crippen molar-refractivity contribution in [1.29, 1.82) is 5.41 Å². The molecule has 0 spiro atoms. The second-order valence-electron chi connectivity index (χ2n) is 8.02. The third-order valence-electron chi connectivity index (χ3n) is 5.87. The van der Waals surface area contributed by atoms with Gasteiger partial charge in [-0.1, -0.05) is 60.7 Å². The number of aromatic nitrogens is 1. The Balaban J connectivity index is 1.39. The van der Waals surface area contributed by atoms with Crippen molar-refractivity contribution in [2.75, 3.05) is 0 Å². The normalized spacial score (nSPS) is 13.6. The molecule has 0 saturated heterocycles. The number of hydrogen-bond acceptors (Lipinski definition) is 3. The Hall–Kier alpha value is -4.39. The number of aromatic amines is 1. The monoisotopic (exact) mass is 437 g/mol. The van der Waals surface area contributed by atoms with Crippen molar-refractivity contribution < 1.29 is 9.59 Å². The molecule has 0 aliphatic carbocycles. The lowest BCUT2D eigenvalue weighted by molar-refractivity contribution is -0.126. The van der Waals surface area contributed by atoms with E-state index in [-0.39, 0.29) is 17.6 Å². The average Bonchev–Trinajstić information content (AvgIpc) is 3.40. The summed E-state index contributed by atoms with van der Waals surface area (Å²) in [6, 6.07) is 23.4.